The van der Waals surface area contributed by atoms with Crippen LogP contribution < -0.4 is 59.1 Å². The van der Waals surface area contributed by atoms with Crippen molar-refractivity contribution in [2.24, 2.45) is 0 Å². The summed E-state index contributed by atoms with van der Waals surface area (Å²) >= 11 is 18.9. The minimum atomic E-state index is -4.58. The van der Waals surface area contributed by atoms with Crippen molar-refractivity contribution in [3.8, 4) is 51.6 Å². The molecule has 0 radical (unpaired) electrons. The van der Waals surface area contributed by atoms with Crippen LogP contribution >= 0.6 is 34.8 Å². The molecule has 6 heterocycles. The van der Waals surface area contributed by atoms with E-state index in [9.17, 15) is 64.1 Å². The number of hydrogen-bond acceptors (Lipinski definition) is 21. The molecule has 12 aromatic rings. The number of carbonyl (C=O) groups is 3. The minimum absolute atomic E-state index is 0.00795. The summed E-state index contributed by atoms with van der Waals surface area (Å²) < 4.78 is 170. The lowest BCUT2D eigenvalue weighted by molar-refractivity contribution is -0.138. The van der Waals surface area contributed by atoms with E-state index in [1.54, 1.807) is 102 Å². The summed E-state index contributed by atoms with van der Waals surface area (Å²) in [5.41, 5.74) is 4.91. The molecule has 27 nitrogen and oxygen atoms in total. The van der Waals surface area contributed by atoms with Gasteiger partial charge < -0.3 is 73.7 Å². The lowest BCUT2D eigenvalue weighted by Crippen LogP contribution is -2.41. The zero-order chi connectivity index (χ0) is 95.8. The van der Waals surface area contributed by atoms with Crippen LogP contribution in [0.25, 0.3) is 17.1 Å². The van der Waals surface area contributed by atoms with Crippen LogP contribution in [0.1, 0.15) is 106 Å². The second-order valence-corrected chi connectivity index (χ2v) is 38.9. The Balaban J connectivity index is 0.000000170. The monoisotopic (exact) mass is 1920 g/mol. The van der Waals surface area contributed by atoms with Gasteiger partial charge in [0.05, 0.1) is 74.9 Å². The van der Waals surface area contributed by atoms with Crippen molar-refractivity contribution in [3.63, 3.8) is 0 Å². The fourth-order valence-electron chi connectivity index (χ4n) is 15.4. The molecular formula is C93H95Cl3F9N15O12Si. The summed E-state index contributed by atoms with van der Waals surface area (Å²) in [6.45, 7) is 15.4. The summed E-state index contributed by atoms with van der Waals surface area (Å²) in [7, 11) is 2.46. The zero-order valence-electron chi connectivity index (χ0n) is 73.9. The van der Waals surface area contributed by atoms with Gasteiger partial charge in [0.2, 0.25) is 0 Å². The molecule has 3 unspecified atom stereocenters. The Morgan fingerprint density at radius 1 is 0.421 bits per heavy atom. The summed E-state index contributed by atoms with van der Waals surface area (Å²) in [6, 6.07) is 34.1. The number of carbonyl (C=O) groups excluding carboxylic acids is 3. The van der Waals surface area contributed by atoms with Crippen molar-refractivity contribution in [2.75, 3.05) is 111 Å². The molecule has 702 valence electrons. The molecular weight excluding hydrogens is 1820 g/mol. The Morgan fingerprint density at radius 2 is 0.714 bits per heavy atom. The topological polar surface area (TPSA) is 294 Å². The van der Waals surface area contributed by atoms with Gasteiger partial charge in [-0.1, -0.05) is 92.0 Å². The number of nitrogens with one attached hydrogen (secondary N) is 3. The van der Waals surface area contributed by atoms with Gasteiger partial charge in [-0.15, -0.1) is 0 Å². The first kappa shape index (κ1) is 97.9. The first-order valence-corrected chi connectivity index (χ1v) is 45.8. The predicted molar refractivity (Wildman–Crippen MR) is 488 cm³/mol. The van der Waals surface area contributed by atoms with Crippen molar-refractivity contribution in [1.82, 2.24) is 44.3 Å². The van der Waals surface area contributed by atoms with Crippen molar-refractivity contribution < 1.29 is 97.0 Å². The zero-order valence-corrected chi connectivity index (χ0v) is 77.2. The quantitative estimate of drug-likeness (QED) is 0.0165. The van der Waals surface area contributed by atoms with Gasteiger partial charge in [-0.05, 0) is 164 Å². The highest BCUT2D eigenvalue weighted by molar-refractivity contribution is 6.74. The van der Waals surface area contributed by atoms with E-state index in [0.717, 1.165) is 18.2 Å². The van der Waals surface area contributed by atoms with E-state index in [4.69, 9.17) is 67.7 Å². The van der Waals surface area contributed by atoms with Gasteiger partial charge in [0, 0.05) is 122 Å². The van der Waals surface area contributed by atoms with E-state index in [2.05, 4.69) is 80.1 Å². The number of amides is 3. The van der Waals surface area contributed by atoms with E-state index in [-0.39, 0.29) is 103 Å². The number of aliphatic hydroxyl groups is 2. The number of ether oxygens (including phenoxy) is 6. The molecule has 133 heavy (non-hydrogen) atoms. The molecule has 3 aromatic heterocycles. The number of rotatable bonds is 29. The van der Waals surface area contributed by atoms with Crippen LogP contribution in [0.4, 0.5) is 73.6 Å². The third-order valence-electron chi connectivity index (χ3n) is 23.0. The first-order chi connectivity index (χ1) is 63.1. The summed E-state index contributed by atoms with van der Waals surface area (Å²) in [5, 5.41) is 42.1. The molecule has 3 aliphatic heterocycles. The van der Waals surface area contributed by atoms with Gasteiger partial charge >= 0.3 is 18.5 Å². The lowest BCUT2D eigenvalue weighted by atomic mass is 10.0. The molecule has 0 fully saturated rings. The fourth-order valence-corrected chi connectivity index (χ4v) is 16.9. The van der Waals surface area contributed by atoms with E-state index < -0.39 is 79.4 Å². The van der Waals surface area contributed by atoms with Crippen LogP contribution in [0.15, 0.2) is 184 Å². The number of hydrogen-bond donors (Lipinski definition) is 5. The van der Waals surface area contributed by atoms with E-state index in [1.807, 2.05) is 0 Å². The number of halogens is 12. The summed E-state index contributed by atoms with van der Waals surface area (Å²) in [4.78, 5) is 59.4. The highest BCUT2D eigenvalue weighted by Crippen LogP contribution is 2.47. The standard InChI is InChI=1S/C35H41ClF3N5O4Si.2C29H27ClF3N5O4/c1-22-14-23-10-11-43(30(23)19-29(22)35(37,38)39)33(45)32(42-25-16-26(18-27(17-25)46-5)44-21-40-20-41-44)28-9-8-24(36)15-31(28)47-12-13-48-49(6,7)34(2,3)4;2*1-17-9-18-5-6-37(25(18)14-24(17)29(31,32)33)28(40)27(23-4-3-19(30)10-26(23)42-8-7-39)36-20-11-21(13-22(12-20)41-2)38-16-34-15-35-38/h8-9,14-21,32,42H,10-13H2,1-7H3;2*3-4,9-16,27,36,39H,5-8H2,1-2H3. The Labute approximate surface area is 775 Å². The molecule has 15 rings (SSSR count). The van der Waals surface area contributed by atoms with Crippen LogP contribution in [0, 0.1) is 20.8 Å². The number of aromatic nitrogens is 9. The number of fused-ring (bicyclic) bond motifs is 3. The second kappa shape index (κ2) is 41.2. The SMILES string of the molecule is COc1cc(NC(C(=O)N2CCc3cc(C)c(C(F)(F)F)cc32)c2ccc(Cl)cc2OCCO)cc(-n2cncn2)c1.COc1cc(NC(C(=O)N2CCc3cc(C)c(C(F)(F)F)cc32)c2ccc(Cl)cc2OCCO)cc(-n2cncn2)c1.COc1cc(NC(C(=O)N2CCc3cc(C)c(C(F)(F)F)cc32)c2ccc(Cl)cc2OCCO[Si](C)(C)C(C)(C)C)cc(-n2cncn2)c1. The van der Waals surface area contributed by atoms with Crippen molar-refractivity contribution in [2.45, 2.75) is 116 Å². The number of methoxy groups -OCH3 is 3. The van der Waals surface area contributed by atoms with Crippen LogP contribution in [-0.4, -0.2) is 161 Å². The molecule has 3 amide bonds. The molecule has 3 atom stereocenters. The molecule has 40 heteroatoms. The number of aliphatic hydroxyl groups excluding tert-OH is 2. The summed E-state index contributed by atoms with van der Waals surface area (Å²) in [6.07, 6.45) is -3.83. The smallest absolute Gasteiger partial charge is 0.416 e. The third kappa shape index (κ3) is 23.0. The Kier molecular flexibility index (Phi) is 30.3. The molecule has 3 aliphatic rings. The van der Waals surface area contributed by atoms with Gasteiger partial charge in [0.15, 0.2) is 8.32 Å². The summed E-state index contributed by atoms with van der Waals surface area (Å²) in [5.74, 6) is 0.735. The van der Waals surface area contributed by atoms with E-state index in [0.29, 0.717) is 131 Å². The maximum Gasteiger partial charge on any atom is 0.416 e. The maximum absolute atomic E-state index is 14.7. The maximum atomic E-state index is 14.7. The number of aryl methyl sites for hydroxylation is 3. The van der Waals surface area contributed by atoms with Gasteiger partial charge in [-0.2, -0.15) is 54.8 Å². The van der Waals surface area contributed by atoms with Gasteiger partial charge in [-0.3, -0.25) is 14.4 Å². The van der Waals surface area contributed by atoms with Gasteiger partial charge in [-0.25, -0.2) is 29.0 Å². The normalized spacial score (nSPS) is 13.7. The molecule has 9 aromatic carbocycles. The molecule has 0 bridgehead atoms. The fraction of sp³-hybridized carbons (Fsp3) is 0.323. The lowest BCUT2D eigenvalue weighted by Gasteiger charge is -2.36. The highest BCUT2D eigenvalue weighted by atomic mass is 35.5. The van der Waals surface area contributed by atoms with Crippen LogP contribution in [0.5, 0.6) is 34.5 Å². The minimum Gasteiger partial charge on any atom is -0.497 e. The number of nitrogens with zero attached hydrogens (tertiary/aromatic N) is 12. The number of alkyl halides is 9. The first-order valence-electron chi connectivity index (χ1n) is 41.8. The van der Waals surface area contributed by atoms with Crippen LogP contribution in [-0.2, 0) is 56.6 Å². The average molecular weight is 1920 g/mol. The molecule has 5 N–H and O–H groups in total. The second-order valence-electron chi connectivity index (χ2n) is 32.8. The Morgan fingerprint density at radius 3 is 0.970 bits per heavy atom. The highest BCUT2D eigenvalue weighted by Gasteiger charge is 2.44. The largest absolute Gasteiger partial charge is 0.497 e. The molecule has 0 spiro atoms. The predicted octanol–water partition coefficient (Wildman–Crippen LogP) is 19.1. The molecule has 0 saturated carbocycles. The van der Waals surface area contributed by atoms with Crippen molar-refractivity contribution in [1.29, 1.82) is 0 Å². The van der Waals surface area contributed by atoms with Crippen LogP contribution in [0.2, 0.25) is 33.2 Å². The van der Waals surface area contributed by atoms with Crippen LogP contribution in [0.3, 0.4) is 0 Å². The molecule has 0 saturated heterocycles. The van der Waals surface area contributed by atoms with Crippen molar-refractivity contribution in [3.05, 3.63) is 265 Å². The van der Waals surface area contributed by atoms with E-state index >= 15 is 0 Å². The average Bonchev–Trinajstić information content (AvgIpc) is 1.64. The van der Waals surface area contributed by atoms with Crippen molar-refractivity contribution >= 4 is 95.0 Å². The Hall–Kier alpha value is -12.7. The Bertz CT molecular complexity index is 5940. The third-order valence-corrected chi connectivity index (χ3v) is 28.2. The number of anilines is 6. The number of benzene rings is 9. The van der Waals surface area contributed by atoms with E-state index in [1.165, 1.54) is 134 Å². The molecule has 0 aliphatic carbocycles. The van der Waals surface area contributed by atoms with Gasteiger partial charge in [0.1, 0.15) is 110 Å². The van der Waals surface area contributed by atoms with Gasteiger partial charge in [0.25, 0.3) is 17.7 Å².